The van der Waals surface area contributed by atoms with Crippen molar-refractivity contribution >= 4 is 0 Å². The maximum absolute atomic E-state index is 13.2. The number of likely N-dealkylation sites (tertiary alicyclic amines) is 1. The SMILES string of the molecule is NC1CN(Cc2c(F)c(F)c(F)c(F)c2F)C1. The molecule has 1 aliphatic heterocycles. The van der Waals surface area contributed by atoms with Gasteiger partial charge in [-0.25, -0.2) is 22.0 Å². The molecule has 0 radical (unpaired) electrons. The molecule has 0 aromatic heterocycles. The summed E-state index contributed by atoms with van der Waals surface area (Å²) < 4.78 is 64.9. The van der Waals surface area contributed by atoms with Crippen molar-refractivity contribution in [2.24, 2.45) is 5.73 Å². The highest BCUT2D eigenvalue weighted by Gasteiger charge is 2.30. The highest BCUT2D eigenvalue weighted by molar-refractivity contribution is 5.24. The first-order chi connectivity index (χ1) is 7.91. The molecule has 1 saturated heterocycles. The molecule has 0 aliphatic carbocycles. The van der Waals surface area contributed by atoms with E-state index in [2.05, 4.69) is 0 Å². The number of halogens is 5. The Morgan fingerprint density at radius 1 is 0.882 bits per heavy atom. The van der Waals surface area contributed by atoms with Crippen LogP contribution in [0.3, 0.4) is 0 Å². The van der Waals surface area contributed by atoms with Crippen molar-refractivity contribution < 1.29 is 22.0 Å². The van der Waals surface area contributed by atoms with Crippen molar-refractivity contribution in [2.75, 3.05) is 13.1 Å². The third-order valence-electron chi connectivity index (χ3n) is 2.67. The molecule has 1 aliphatic rings. The van der Waals surface area contributed by atoms with Crippen LogP contribution in [0.15, 0.2) is 0 Å². The Bertz CT molecular complexity index is 427. The quantitative estimate of drug-likeness (QED) is 0.491. The Kier molecular flexibility index (Phi) is 3.05. The van der Waals surface area contributed by atoms with Crippen LogP contribution in [-0.4, -0.2) is 24.0 Å². The molecule has 94 valence electrons. The zero-order chi connectivity index (χ0) is 12.7. The number of benzene rings is 1. The van der Waals surface area contributed by atoms with Crippen LogP contribution in [0.2, 0.25) is 0 Å². The molecular formula is C10H9F5N2. The first-order valence-electron chi connectivity index (χ1n) is 4.90. The van der Waals surface area contributed by atoms with Crippen LogP contribution >= 0.6 is 0 Å². The fourth-order valence-electron chi connectivity index (χ4n) is 1.75. The predicted octanol–water partition coefficient (Wildman–Crippen LogP) is 1.52. The largest absolute Gasteiger partial charge is 0.325 e. The van der Waals surface area contributed by atoms with Gasteiger partial charge in [0.1, 0.15) is 0 Å². The minimum Gasteiger partial charge on any atom is -0.325 e. The lowest BCUT2D eigenvalue weighted by Gasteiger charge is -2.36. The summed E-state index contributed by atoms with van der Waals surface area (Å²) in [5.41, 5.74) is 4.63. The number of rotatable bonds is 2. The number of nitrogens with two attached hydrogens (primary N) is 1. The molecule has 0 unspecified atom stereocenters. The second kappa shape index (κ2) is 4.23. The van der Waals surface area contributed by atoms with Gasteiger partial charge >= 0.3 is 0 Å². The van der Waals surface area contributed by atoms with Crippen LogP contribution in [0.25, 0.3) is 0 Å². The Labute approximate surface area is 93.8 Å². The van der Waals surface area contributed by atoms with Crippen LogP contribution in [0, 0.1) is 29.1 Å². The summed E-state index contributed by atoms with van der Waals surface area (Å²) in [5, 5.41) is 0. The molecule has 1 fully saturated rings. The maximum atomic E-state index is 13.2. The van der Waals surface area contributed by atoms with E-state index in [1.807, 2.05) is 0 Å². The Morgan fingerprint density at radius 3 is 1.71 bits per heavy atom. The molecule has 0 spiro atoms. The Balaban J connectivity index is 2.33. The minimum atomic E-state index is -2.14. The fourth-order valence-corrected chi connectivity index (χ4v) is 1.75. The third kappa shape index (κ3) is 2.00. The van der Waals surface area contributed by atoms with E-state index in [1.54, 1.807) is 0 Å². The zero-order valence-electron chi connectivity index (χ0n) is 8.61. The van der Waals surface area contributed by atoms with E-state index in [0.717, 1.165) is 0 Å². The van der Waals surface area contributed by atoms with E-state index in [1.165, 1.54) is 4.90 Å². The van der Waals surface area contributed by atoms with Gasteiger partial charge in [0, 0.05) is 31.2 Å². The first-order valence-corrected chi connectivity index (χ1v) is 4.90. The van der Waals surface area contributed by atoms with Crippen LogP contribution in [0.5, 0.6) is 0 Å². The summed E-state index contributed by atoms with van der Waals surface area (Å²) >= 11 is 0. The lowest BCUT2D eigenvalue weighted by atomic mass is 10.1. The van der Waals surface area contributed by atoms with Gasteiger partial charge in [0.05, 0.1) is 0 Å². The summed E-state index contributed by atoms with van der Waals surface area (Å²) in [6.07, 6.45) is 0. The first kappa shape index (κ1) is 12.3. The molecule has 2 rings (SSSR count). The minimum absolute atomic E-state index is 0.115. The van der Waals surface area contributed by atoms with Gasteiger partial charge in [-0.2, -0.15) is 0 Å². The third-order valence-corrected chi connectivity index (χ3v) is 2.67. The second-order valence-electron chi connectivity index (χ2n) is 4.00. The lowest BCUT2D eigenvalue weighted by Crippen LogP contribution is -2.55. The molecular weight excluding hydrogens is 243 g/mol. The van der Waals surface area contributed by atoms with Crippen molar-refractivity contribution in [1.82, 2.24) is 4.90 Å². The summed E-state index contributed by atoms with van der Waals surface area (Å²) in [6.45, 7) is 0.415. The summed E-state index contributed by atoms with van der Waals surface area (Å²) in [5.74, 6) is -9.51. The molecule has 1 aromatic rings. The van der Waals surface area contributed by atoms with Gasteiger partial charge in [-0.1, -0.05) is 0 Å². The normalized spacial score (nSPS) is 17.3. The molecule has 7 heteroatoms. The fraction of sp³-hybridized carbons (Fsp3) is 0.400. The molecule has 1 aromatic carbocycles. The highest BCUT2D eigenvalue weighted by Crippen LogP contribution is 2.25. The smallest absolute Gasteiger partial charge is 0.200 e. The van der Waals surface area contributed by atoms with Gasteiger partial charge in [-0.15, -0.1) is 0 Å². The van der Waals surface area contributed by atoms with Crippen molar-refractivity contribution in [3.05, 3.63) is 34.6 Å². The van der Waals surface area contributed by atoms with Gasteiger partial charge < -0.3 is 5.73 Å². The van der Waals surface area contributed by atoms with E-state index in [0.29, 0.717) is 13.1 Å². The van der Waals surface area contributed by atoms with E-state index in [4.69, 9.17) is 5.73 Å². The van der Waals surface area contributed by atoms with E-state index >= 15 is 0 Å². The number of hydrogen-bond donors (Lipinski definition) is 1. The van der Waals surface area contributed by atoms with E-state index in [9.17, 15) is 22.0 Å². The Morgan fingerprint density at radius 2 is 1.29 bits per heavy atom. The molecule has 17 heavy (non-hydrogen) atoms. The number of nitrogens with zero attached hydrogens (tertiary/aromatic N) is 1. The van der Waals surface area contributed by atoms with Crippen LogP contribution in [0.4, 0.5) is 22.0 Å². The van der Waals surface area contributed by atoms with Gasteiger partial charge in [0.25, 0.3) is 0 Å². The van der Waals surface area contributed by atoms with Crippen molar-refractivity contribution in [3.63, 3.8) is 0 Å². The van der Waals surface area contributed by atoms with Gasteiger partial charge in [0.2, 0.25) is 5.82 Å². The van der Waals surface area contributed by atoms with Crippen molar-refractivity contribution in [2.45, 2.75) is 12.6 Å². The average Bonchev–Trinajstić information content (AvgIpc) is 2.27. The van der Waals surface area contributed by atoms with E-state index in [-0.39, 0.29) is 12.6 Å². The molecule has 0 amide bonds. The molecule has 2 N–H and O–H groups in total. The monoisotopic (exact) mass is 252 g/mol. The predicted molar refractivity (Wildman–Crippen MR) is 49.5 cm³/mol. The van der Waals surface area contributed by atoms with Crippen LogP contribution in [-0.2, 0) is 6.54 Å². The van der Waals surface area contributed by atoms with Crippen LogP contribution < -0.4 is 5.73 Å². The van der Waals surface area contributed by atoms with Crippen molar-refractivity contribution in [3.8, 4) is 0 Å². The van der Waals surface area contributed by atoms with Crippen molar-refractivity contribution in [1.29, 1.82) is 0 Å². The molecule has 0 atom stereocenters. The van der Waals surface area contributed by atoms with Gasteiger partial charge in [0.15, 0.2) is 23.3 Å². The standard InChI is InChI=1S/C10H9F5N2/c11-6-5(3-17-1-4(16)2-17)7(12)9(14)10(15)8(6)13/h4H,1-3,16H2. The molecule has 0 saturated carbocycles. The Hall–Kier alpha value is -1.21. The topological polar surface area (TPSA) is 29.3 Å². The van der Waals surface area contributed by atoms with Gasteiger partial charge in [-0.05, 0) is 0 Å². The molecule has 2 nitrogen and oxygen atoms in total. The van der Waals surface area contributed by atoms with Gasteiger partial charge in [-0.3, -0.25) is 4.90 Å². The summed E-state index contributed by atoms with van der Waals surface area (Å²) in [6, 6.07) is -0.115. The summed E-state index contributed by atoms with van der Waals surface area (Å²) in [7, 11) is 0. The molecule has 1 heterocycles. The number of hydrogen-bond acceptors (Lipinski definition) is 2. The second-order valence-corrected chi connectivity index (χ2v) is 4.00. The zero-order valence-corrected chi connectivity index (χ0v) is 8.61. The van der Waals surface area contributed by atoms with E-state index < -0.39 is 34.6 Å². The highest BCUT2D eigenvalue weighted by atomic mass is 19.2. The van der Waals surface area contributed by atoms with Crippen LogP contribution in [0.1, 0.15) is 5.56 Å². The average molecular weight is 252 g/mol. The summed E-state index contributed by atoms with van der Waals surface area (Å²) in [4.78, 5) is 1.50. The maximum Gasteiger partial charge on any atom is 0.200 e. The molecule has 0 bridgehead atoms. The lowest BCUT2D eigenvalue weighted by molar-refractivity contribution is 0.137.